The van der Waals surface area contributed by atoms with Gasteiger partial charge in [-0.2, -0.15) is 0 Å². The first-order chi connectivity index (χ1) is 9.92. The molecule has 0 radical (unpaired) electrons. The van der Waals surface area contributed by atoms with E-state index in [1.807, 2.05) is 12.1 Å². The summed E-state index contributed by atoms with van der Waals surface area (Å²) in [5, 5.41) is 13.7. The topological polar surface area (TPSA) is 87.7 Å². The average Bonchev–Trinajstić information content (AvgIpc) is 2.46. The summed E-state index contributed by atoms with van der Waals surface area (Å²) >= 11 is 0. The Morgan fingerprint density at radius 3 is 2.38 bits per heavy atom. The van der Waals surface area contributed by atoms with Gasteiger partial charge >= 0.3 is 6.03 Å². The first-order valence-corrected chi connectivity index (χ1v) is 6.88. The molecule has 1 aromatic rings. The highest BCUT2D eigenvalue weighted by Crippen LogP contribution is 2.15. The monoisotopic (exact) mass is 294 g/mol. The molecule has 6 nitrogen and oxygen atoms in total. The predicted octanol–water partition coefficient (Wildman–Crippen LogP) is 1.22. The second kappa shape index (κ2) is 8.26. The van der Waals surface area contributed by atoms with Gasteiger partial charge in [-0.25, -0.2) is 4.79 Å². The summed E-state index contributed by atoms with van der Waals surface area (Å²) in [6.45, 7) is 3.32. The maximum Gasteiger partial charge on any atom is 0.321 e. The van der Waals surface area contributed by atoms with Crippen LogP contribution in [0.3, 0.4) is 0 Å². The molecule has 6 heteroatoms. The Morgan fingerprint density at radius 2 is 1.86 bits per heavy atom. The van der Waals surface area contributed by atoms with Gasteiger partial charge in [-0.05, 0) is 44.4 Å². The summed E-state index contributed by atoms with van der Waals surface area (Å²) in [4.78, 5) is 22.7. The highest BCUT2D eigenvalue weighted by atomic mass is 16.5. The number of rotatable bonds is 6. The van der Waals surface area contributed by atoms with Crippen molar-refractivity contribution in [1.82, 2.24) is 10.6 Å². The minimum absolute atomic E-state index is 0.325. The minimum Gasteiger partial charge on any atom is -0.481 e. The molecule has 0 fully saturated rings. The zero-order chi connectivity index (χ0) is 15.8. The molecule has 1 rings (SSSR count). The molecule has 0 aromatic heterocycles. The first kappa shape index (κ1) is 17.0. The number of carbonyl (C=O) groups excluding carboxylic acids is 2. The highest BCUT2D eigenvalue weighted by Gasteiger charge is 2.16. The molecular weight excluding hydrogens is 272 g/mol. The molecule has 0 aliphatic rings. The van der Waals surface area contributed by atoms with Crippen LogP contribution in [-0.4, -0.2) is 36.3 Å². The van der Waals surface area contributed by atoms with Gasteiger partial charge in [0, 0.05) is 7.05 Å². The van der Waals surface area contributed by atoms with Crippen molar-refractivity contribution in [3.05, 3.63) is 29.8 Å². The van der Waals surface area contributed by atoms with Gasteiger partial charge in [-0.3, -0.25) is 10.1 Å². The van der Waals surface area contributed by atoms with Crippen molar-refractivity contribution in [3.8, 4) is 5.75 Å². The van der Waals surface area contributed by atoms with E-state index in [0.29, 0.717) is 12.2 Å². The second-order valence-corrected chi connectivity index (χ2v) is 4.86. The maximum absolute atomic E-state index is 11.6. The SMILES string of the molecule is CNC(=O)NC(=O)C(C)Oc1ccc(CCC(C)O)cc1. The zero-order valence-electron chi connectivity index (χ0n) is 12.6. The molecule has 0 saturated carbocycles. The lowest BCUT2D eigenvalue weighted by molar-refractivity contribution is -0.126. The highest BCUT2D eigenvalue weighted by molar-refractivity contribution is 5.96. The third-order valence-corrected chi connectivity index (χ3v) is 2.92. The van der Waals surface area contributed by atoms with E-state index in [9.17, 15) is 14.7 Å². The molecule has 116 valence electrons. The van der Waals surface area contributed by atoms with E-state index in [1.54, 1.807) is 26.0 Å². The van der Waals surface area contributed by atoms with Gasteiger partial charge in [0.15, 0.2) is 6.10 Å². The fourth-order valence-electron chi connectivity index (χ4n) is 1.64. The first-order valence-electron chi connectivity index (χ1n) is 6.88. The van der Waals surface area contributed by atoms with Crippen molar-refractivity contribution < 1.29 is 19.4 Å². The van der Waals surface area contributed by atoms with Gasteiger partial charge in [0.1, 0.15) is 5.75 Å². The summed E-state index contributed by atoms with van der Waals surface area (Å²) in [5.74, 6) is 0.0443. The summed E-state index contributed by atoms with van der Waals surface area (Å²) in [5.41, 5.74) is 1.09. The number of benzene rings is 1. The predicted molar refractivity (Wildman–Crippen MR) is 79.1 cm³/mol. The van der Waals surface area contributed by atoms with Crippen LogP contribution in [0.25, 0.3) is 0 Å². The molecule has 2 unspecified atom stereocenters. The molecule has 0 heterocycles. The van der Waals surface area contributed by atoms with E-state index in [-0.39, 0.29) is 6.10 Å². The standard InChI is InChI=1S/C15H22N2O4/c1-10(18)4-5-12-6-8-13(9-7-12)21-11(2)14(19)17-15(20)16-3/h6-11,18H,4-5H2,1-3H3,(H2,16,17,19,20). The third kappa shape index (κ3) is 6.27. The number of carbonyl (C=O) groups is 2. The van der Waals surface area contributed by atoms with E-state index in [1.165, 1.54) is 7.05 Å². The number of amides is 3. The molecule has 2 atom stereocenters. The summed E-state index contributed by atoms with van der Waals surface area (Å²) < 4.78 is 5.46. The van der Waals surface area contributed by atoms with E-state index in [0.717, 1.165) is 12.0 Å². The largest absolute Gasteiger partial charge is 0.481 e. The molecule has 0 saturated heterocycles. The number of nitrogens with one attached hydrogen (secondary N) is 2. The van der Waals surface area contributed by atoms with Crippen LogP contribution in [0.5, 0.6) is 5.75 Å². The van der Waals surface area contributed by atoms with Gasteiger partial charge in [0.25, 0.3) is 5.91 Å². The normalized spacial score (nSPS) is 13.1. The van der Waals surface area contributed by atoms with E-state index in [2.05, 4.69) is 10.6 Å². The Labute approximate surface area is 124 Å². The lowest BCUT2D eigenvalue weighted by Gasteiger charge is -2.14. The average molecular weight is 294 g/mol. The molecule has 0 aliphatic heterocycles. The van der Waals surface area contributed by atoms with Crippen molar-refractivity contribution in [1.29, 1.82) is 0 Å². The quantitative estimate of drug-likeness (QED) is 0.736. The summed E-state index contributed by atoms with van der Waals surface area (Å²) in [7, 11) is 1.43. The number of ether oxygens (including phenoxy) is 1. The second-order valence-electron chi connectivity index (χ2n) is 4.86. The third-order valence-electron chi connectivity index (χ3n) is 2.92. The van der Waals surface area contributed by atoms with Crippen molar-refractivity contribution in [2.45, 2.75) is 38.9 Å². The van der Waals surface area contributed by atoms with Crippen molar-refractivity contribution in [3.63, 3.8) is 0 Å². The number of hydrogen-bond donors (Lipinski definition) is 3. The Kier molecular flexibility index (Phi) is 6.68. The Bertz CT molecular complexity index is 471. The number of aryl methyl sites for hydroxylation is 1. The van der Waals surface area contributed by atoms with Crippen LogP contribution < -0.4 is 15.4 Å². The van der Waals surface area contributed by atoms with Crippen LogP contribution in [0, 0.1) is 0 Å². The van der Waals surface area contributed by atoms with E-state index >= 15 is 0 Å². The van der Waals surface area contributed by atoms with Crippen LogP contribution in [0.15, 0.2) is 24.3 Å². The van der Waals surface area contributed by atoms with Crippen LogP contribution in [0.2, 0.25) is 0 Å². The number of aliphatic hydroxyl groups is 1. The zero-order valence-corrected chi connectivity index (χ0v) is 12.6. The molecule has 3 amide bonds. The molecule has 0 bridgehead atoms. The van der Waals surface area contributed by atoms with E-state index < -0.39 is 18.0 Å². The molecule has 21 heavy (non-hydrogen) atoms. The lowest BCUT2D eigenvalue weighted by Crippen LogP contribution is -2.43. The fourth-order valence-corrected chi connectivity index (χ4v) is 1.64. The van der Waals surface area contributed by atoms with Gasteiger partial charge < -0.3 is 15.2 Å². The van der Waals surface area contributed by atoms with Gasteiger partial charge in [-0.1, -0.05) is 12.1 Å². The van der Waals surface area contributed by atoms with Crippen LogP contribution in [0.4, 0.5) is 4.79 Å². The summed E-state index contributed by atoms with van der Waals surface area (Å²) in [6, 6.07) is 6.74. The number of aliphatic hydroxyl groups excluding tert-OH is 1. The number of urea groups is 1. The van der Waals surface area contributed by atoms with Gasteiger partial charge in [0.05, 0.1) is 6.10 Å². The fraction of sp³-hybridized carbons (Fsp3) is 0.467. The van der Waals surface area contributed by atoms with Crippen molar-refractivity contribution in [2.75, 3.05) is 7.05 Å². The number of hydrogen-bond acceptors (Lipinski definition) is 4. The smallest absolute Gasteiger partial charge is 0.321 e. The molecule has 0 aliphatic carbocycles. The van der Waals surface area contributed by atoms with Crippen molar-refractivity contribution >= 4 is 11.9 Å². The maximum atomic E-state index is 11.6. The van der Waals surface area contributed by atoms with E-state index in [4.69, 9.17) is 4.74 Å². The van der Waals surface area contributed by atoms with Crippen molar-refractivity contribution in [2.24, 2.45) is 0 Å². The summed E-state index contributed by atoms with van der Waals surface area (Å²) in [6.07, 6.45) is 0.385. The Balaban J connectivity index is 2.51. The molecular formula is C15H22N2O4. The molecule has 3 N–H and O–H groups in total. The Hall–Kier alpha value is -2.08. The number of imide groups is 1. The van der Waals surface area contributed by atoms with Crippen LogP contribution in [-0.2, 0) is 11.2 Å². The van der Waals surface area contributed by atoms with Crippen LogP contribution >= 0.6 is 0 Å². The van der Waals surface area contributed by atoms with Gasteiger partial charge in [0.2, 0.25) is 0 Å². The molecule has 1 aromatic carbocycles. The lowest BCUT2D eigenvalue weighted by atomic mass is 10.1. The van der Waals surface area contributed by atoms with Gasteiger partial charge in [-0.15, -0.1) is 0 Å². The minimum atomic E-state index is -0.773. The Morgan fingerprint density at radius 1 is 1.24 bits per heavy atom. The van der Waals surface area contributed by atoms with Crippen LogP contribution in [0.1, 0.15) is 25.8 Å². The molecule has 0 spiro atoms.